The molecule has 2 rings (SSSR count). The quantitative estimate of drug-likeness (QED) is 0.0989. The number of nitro groups is 1. The summed E-state index contributed by atoms with van der Waals surface area (Å²) in [5.41, 5.74) is 1.21. The van der Waals surface area contributed by atoms with E-state index < -0.39 is 4.92 Å². The van der Waals surface area contributed by atoms with Crippen LogP contribution in [0.4, 0.5) is 5.69 Å². The van der Waals surface area contributed by atoms with E-state index in [0.717, 1.165) is 32.3 Å². The molecular weight excluding hydrogens is 394 g/mol. The van der Waals surface area contributed by atoms with Crippen LogP contribution in [0.1, 0.15) is 69.8 Å². The van der Waals surface area contributed by atoms with Crippen molar-refractivity contribution in [3.8, 4) is 5.75 Å². The predicted octanol–water partition coefficient (Wildman–Crippen LogP) is 6.62. The van der Waals surface area contributed by atoms with Gasteiger partial charge >= 0.3 is 5.97 Å². The van der Waals surface area contributed by atoms with Crippen LogP contribution in [0.25, 0.3) is 0 Å². The predicted molar refractivity (Wildman–Crippen MR) is 121 cm³/mol. The topological polar surface area (TPSA) is 78.7 Å². The van der Waals surface area contributed by atoms with E-state index in [9.17, 15) is 14.9 Å². The van der Waals surface area contributed by atoms with Gasteiger partial charge in [-0.3, -0.25) is 14.9 Å². The number of hydrogen-bond acceptors (Lipinski definition) is 5. The number of carbonyl (C=O) groups is 1. The molecule has 2 aromatic rings. The summed E-state index contributed by atoms with van der Waals surface area (Å²) in [5.74, 6) is 0.0596. The molecule has 0 spiro atoms. The van der Waals surface area contributed by atoms with Crippen LogP contribution in [0.15, 0.2) is 54.6 Å². The van der Waals surface area contributed by atoms with Crippen molar-refractivity contribution in [2.75, 3.05) is 6.61 Å². The third-order valence-electron chi connectivity index (χ3n) is 5.06. The van der Waals surface area contributed by atoms with E-state index in [4.69, 9.17) is 9.47 Å². The minimum Gasteiger partial charge on any atom is -0.427 e. The Morgan fingerprint density at radius 3 is 1.97 bits per heavy atom. The number of nitro benzene ring substituents is 1. The third kappa shape index (κ3) is 11.3. The summed E-state index contributed by atoms with van der Waals surface area (Å²) in [4.78, 5) is 22.0. The molecular formula is C25H33NO5. The lowest BCUT2D eigenvalue weighted by Gasteiger charge is -2.05. The highest BCUT2D eigenvalue weighted by atomic mass is 16.6. The Kier molecular flexibility index (Phi) is 12.0. The maximum Gasteiger partial charge on any atom is 0.311 e. The van der Waals surface area contributed by atoms with Gasteiger partial charge in [-0.2, -0.15) is 0 Å². The van der Waals surface area contributed by atoms with Crippen LogP contribution >= 0.6 is 0 Å². The van der Waals surface area contributed by atoms with Crippen LogP contribution < -0.4 is 4.74 Å². The van der Waals surface area contributed by atoms with E-state index in [0.29, 0.717) is 18.8 Å². The van der Waals surface area contributed by atoms with Gasteiger partial charge in [-0.05, 0) is 30.5 Å². The lowest BCUT2D eigenvalue weighted by Crippen LogP contribution is -2.07. The molecule has 6 nitrogen and oxygen atoms in total. The van der Waals surface area contributed by atoms with Crippen LogP contribution in [-0.4, -0.2) is 17.5 Å². The molecule has 0 aliphatic rings. The van der Waals surface area contributed by atoms with Gasteiger partial charge in [0.1, 0.15) is 5.75 Å². The first kappa shape index (κ1) is 24.5. The van der Waals surface area contributed by atoms with E-state index in [1.54, 1.807) is 0 Å². The fourth-order valence-corrected chi connectivity index (χ4v) is 3.29. The van der Waals surface area contributed by atoms with Gasteiger partial charge in [-0.15, -0.1) is 0 Å². The van der Waals surface area contributed by atoms with Crippen molar-refractivity contribution >= 4 is 11.7 Å². The molecule has 6 heteroatoms. The lowest BCUT2D eigenvalue weighted by molar-refractivity contribution is -0.384. The van der Waals surface area contributed by atoms with Gasteiger partial charge in [0.15, 0.2) is 0 Å². The number of esters is 1. The van der Waals surface area contributed by atoms with Crippen molar-refractivity contribution in [1.82, 2.24) is 0 Å². The number of hydrogen-bond donors (Lipinski definition) is 0. The van der Waals surface area contributed by atoms with Crippen molar-refractivity contribution in [2.45, 2.75) is 70.8 Å². The van der Waals surface area contributed by atoms with Crippen molar-refractivity contribution in [3.05, 3.63) is 70.3 Å². The highest BCUT2D eigenvalue weighted by molar-refractivity contribution is 5.72. The first-order chi connectivity index (χ1) is 15.1. The van der Waals surface area contributed by atoms with Gasteiger partial charge in [0, 0.05) is 25.2 Å². The van der Waals surface area contributed by atoms with Crippen molar-refractivity contribution in [3.63, 3.8) is 0 Å². The molecule has 31 heavy (non-hydrogen) atoms. The first-order valence-corrected chi connectivity index (χ1v) is 11.2. The van der Waals surface area contributed by atoms with E-state index in [1.807, 2.05) is 18.2 Å². The molecule has 0 aliphatic heterocycles. The van der Waals surface area contributed by atoms with Gasteiger partial charge in [0.25, 0.3) is 5.69 Å². The number of ether oxygens (including phenoxy) is 2. The zero-order chi connectivity index (χ0) is 22.2. The second-order valence-electron chi connectivity index (χ2n) is 7.70. The molecule has 0 amide bonds. The third-order valence-corrected chi connectivity index (χ3v) is 5.06. The van der Waals surface area contributed by atoms with E-state index in [2.05, 4.69) is 12.1 Å². The zero-order valence-corrected chi connectivity index (χ0v) is 18.2. The Balaban J connectivity index is 1.36. The fraction of sp³-hybridized carbons (Fsp3) is 0.480. The number of non-ortho nitro benzene ring substituents is 1. The number of unbranched alkanes of at least 4 members (excludes halogenated alkanes) is 8. The van der Waals surface area contributed by atoms with Gasteiger partial charge in [-0.25, -0.2) is 0 Å². The normalized spacial score (nSPS) is 10.7. The van der Waals surface area contributed by atoms with E-state index in [-0.39, 0.29) is 11.7 Å². The molecule has 0 atom stereocenters. The molecule has 0 heterocycles. The molecule has 2 aromatic carbocycles. The Morgan fingerprint density at radius 1 is 0.774 bits per heavy atom. The van der Waals surface area contributed by atoms with Crippen molar-refractivity contribution in [1.29, 1.82) is 0 Å². The number of nitrogens with zero attached hydrogens (tertiary/aromatic N) is 1. The summed E-state index contributed by atoms with van der Waals surface area (Å²) < 4.78 is 10.9. The smallest absolute Gasteiger partial charge is 0.311 e. The summed E-state index contributed by atoms with van der Waals surface area (Å²) in [5, 5.41) is 10.6. The number of carbonyl (C=O) groups excluding carboxylic acids is 1. The molecule has 0 aliphatic carbocycles. The highest BCUT2D eigenvalue weighted by Crippen LogP contribution is 2.18. The standard InChI is InChI=1S/C25H33NO5/c27-25(31-24-18-16-23(17-19-24)26(28)29)15-11-6-4-2-1-3-5-7-12-20-30-21-22-13-9-8-10-14-22/h8-10,13-14,16-19H,1-7,11-12,15,20-21H2. The molecule has 0 bridgehead atoms. The average molecular weight is 428 g/mol. The van der Waals surface area contributed by atoms with Crippen LogP contribution in [0.2, 0.25) is 0 Å². The molecule has 0 saturated carbocycles. The molecule has 0 unspecified atom stereocenters. The number of rotatable bonds is 16. The minimum atomic E-state index is -0.479. The Bertz CT molecular complexity index is 761. The molecule has 0 saturated heterocycles. The van der Waals surface area contributed by atoms with Crippen molar-refractivity contribution in [2.24, 2.45) is 0 Å². The lowest BCUT2D eigenvalue weighted by atomic mass is 10.1. The van der Waals surface area contributed by atoms with Gasteiger partial charge in [0.05, 0.1) is 11.5 Å². The van der Waals surface area contributed by atoms with E-state index in [1.165, 1.54) is 61.9 Å². The first-order valence-electron chi connectivity index (χ1n) is 11.2. The molecule has 0 fully saturated rings. The van der Waals surface area contributed by atoms with Crippen LogP contribution in [0.3, 0.4) is 0 Å². The summed E-state index contributed by atoms with van der Waals surface area (Å²) in [6.45, 7) is 1.52. The Morgan fingerprint density at radius 2 is 1.35 bits per heavy atom. The van der Waals surface area contributed by atoms with E-state index >= 15 is 0 Å². The molecule has 0 N–H and O–H groups in total. The van der Waals surface area contributed by atoms with Crippen LogP contribution in [-0.2, 0) is 16.1 Å². The van der Waals surface area contributed by atoms with Gasteiger partial charge < -0.3 is 9.47 Å². The maximum atomic E-state index is 11.8. The molecule has 0 radical (unpaired) electrons. The minimum absolute atomic E-state index is 0.0174. The monoisotopic (exact) mass is 427 g/mol. The number of benzene rings is 2. The molecule has 168 valence electrons. The van der Waals surface area contributed by atoms with Gasteiger partial charge in [0.2, 0.25) is 0 Å². The average Bonchev–Trinajstić information content (AvgIpc) is 2.78. The molecule has 0 aromatic heterocycles. The van der Waals surface area contributed by atoms with Crippen LogP contribution in [0, 0.1) is 10.1 Å². The zero-order valence-electron chi connectivity index (χ0n) is 18.2. The van der Waals surface area contributed by atoms with Crippen molar-refractivity contribution < 1.29 is 19.2 Å². The summed E-state index contributed by atoms with van der Waals surface area (Å²) >= 11 is 0. The highest BCUT2D eigenvalue weighted by Gasteiger charge is 2.08. The second-order valence-corrected chi connectivity index (χ2v) is 7.70. The summed E-state index contributed by atoms with van der Waals surface area (Å²) in [6, 6.07) is 15.8. The largest absolute Gasteiger partial charge is 0.427 e. The SMILES string of the molecule is O=C(CCCCCCCCCCCOCc1ccccc1)Oc1ccc([N+](=O)[O-])cc1. The Labute approximate surface area is 184 Å². The maximum absolute atomic E-state index is 11.8. The Hall–Kier alpha value is -2.73. The van der Waals surface area contributed by atoms with Crippen LogP contribution in [0.5, 0.6) is 5.75 Å². The summed E-state index contributed by atoms with van der Waals surface area (Å²) in [6.07, 6.45) is 10.6. The van der Waals surface area contributed by atoms with Gasteiger partial charge in [-0.1, -0.05) is 75.3 Å². The second kappa shape index (κ2) is 15.1. The fourth-order valence-electron chi connectivity index (χ4n) is 3.29. The summed E-state index contributed by atoms with van der Waals surface area (Å²) in [7, 11) is 0.